The number of anilines is 1. The minimum Gasteiger partial charge on any atom is -0.404 e. The summed E-state index contributed by atoms with van der Waals surface area (Å²) in [5, 5.41) is 0. The number of phosphoric ester groups is 1. The summed E-state index contributed by atoms with van der Waals surface area (Å²) in [5.74, 6) is 0.157. The smallest absolute Gasteiger partial charge is 0.404 e. The lowest BCUT2D eigenvalue weighted by atomic mass is 10.3. The lowest BCUT2D eigenvalue weighted by Crippen LogP contribution is -2.08. The Labute approximate surface area is 82.2 Å². The first-order valence-electron chi connectivity index (χ1n) is 3.91. The normalized spacial score (nSPS) is 11.1. The van der Waals surface area contributed by atoms with Gasteiger partial charge in [-0.15, -0.1) is 0 Å². The van der Waals surface area contributed by atoms with Gasteiger partial charge in [-0.05, 0) is 12.1 Å². The molecule has 0 bridgehead atoms. The van der Waals surface area contributed by atoms with E-state index < -0.39 is 7.82 Å². The molecule has 0 radical (unpaired) electrons. The monoisotopic (exact) mass is 217 g/mol. The number of benzene rings is 1. The third kappa shape index (κ3) is 3.38. The highest BCUT2D eigenvalue weighted by Crippen LogP contribution is 2.38. The molecule has 1 rings (SSSR count). The summed E-state index contributed by atoms with van der Waals surface area (Å²) in [6.45, 7) is 0. The van der Waals surface area contributed by atoms with Crippen LogP contribution in [0.1, 0.15) is 0 Å². The molecule has 0 aliphatic heterocycles. The second-order valence-corrected chi connectivity index (χ2v) is 4.14. The Kier molecular flexibility index (Phi) is 3.16. The molecular formula is C8H12NO4P. The number of hydrogen-bond acceptors (Lipinski definition) is 3. The van der Waals surface area contributed by atoms with E-state index in [9.17, 15) is 4.57 Å². The van der Waals surface area contributed by atoms with Crippen LogP contribution < -0.4 is 9.42 Å². The zero-order valence-corrected chi connectivity index (χ0v) is 8.81. The van der Waals surface area contributed by atoms with E-state index in [2.05, 4.69) is 4.52 Å². The van der Waals surface area contributed by atoms with Gasteiger partial charge in [-0.25, -0.2) is 4.57 Å². The largest absolute Gasteiger partial charge is 0.524 e. The van der Waals surface area contributed by atoms with Gasteiger partial charge in [0.1, 0.15) is 5.75 Å². The molecular weight excluding hydrogens is 205 g/mol. The molecule has 0 aromatic heterocycles. The van der Waals surface area contributed by atoms with Crippen LogP contribution >= 0.6 is 7.82 Å². The molecule has 0 unspecified atom stereocenters. The Balaban J connectivity index is 2.89. The molecule has 78 valence electrons. The summed E-state index contributed by atoms with van der Waals surface area (Å²) in [6.07, 6.45) is 0. The molecule has 5 nitrogen and oxygen atoms in total. The van der Waals surface area contributed by atoms with Crippen LogP contribution in [0.5, 0.6) is 5.75 Å². The Hall–Kier alpha value is -1.03. The maximum atomic E-state index is 10.5. The van der Waals surface area contributed by atoms with E-state index >= 15 is 0 Å². The van der Waals surface area contributed by atoms with E-state index in [0.29, 0.717) is 0 Å². The van der Waals surface area contributed by atoms with Crippen LogP contribution in [-0.4, -0.2) is 23.9 Å². The molecule has 0 atom stereocenters. The van der Waals surface area contributed by atoms with E-state index in [-0.39, 0.29) is 5.75 Å². The van der Waals surface area contributed by atoms with Crippen LogP contribution in [0.25, 0.3) is 0 Å². The van der Waals surface area contributed by atoms with Gasteiger partial charge in [0, 0.05) is 25.8 Å². The summed E-state index contributed by atoms with van der Waals surface area (Å²) < 4.78 is 15.0. The van der Waals surface area contributed by atoms with Gasteiger partial charge in [-0.1, -0.05) is 6.07 Å². The van der Waals surface area contributed by atoms with Crippen LogP contribution in [0.4, 0.5) is 5.69 Å². The zero-order chi connectivity index (χ0) is 10.8. The van der Waals surface area contributed by atoms with Crippen LogP contribution in [0, 0.1) is 0 Å². The number of phosphoric acid groups is 1. The first kappa shape index (κ1) is 11.0. The van der Waals surface area contributed by atoms with Crippen LogP contribution in [0.15, 0.2) is 24.3 Å². The Morgan fingerprint density at radius 2 is 2.00 bits per heavy atom. The van der Waals surface area contributed by atoms with E-state index in [1.165, 1.54) is 6.07 Å². The Morgan fingerprint density at radius 3 is 2.50 bits per heavy atom. The lowest BCUT2D eigenvalue weighted by molar-refractivity contribution is 0.283. The average molecular weight is 217 g/mol. The van der Waals surface area contributed by atoms with Gasteiger partial charge < -0.3 is 9.42 Å². The average Bonchev–Trinajstić information content (AvgIpc) is 2.01. The molecule has 0 saturated heterocycles. The fourth-order valence-corrected chi connectivity index (χ4v) is 1.34. The van der Waals surface area contributed by atoms with Crippen molar-refractivity contribution in [2.24, 2.45) is 0 Å². The van der Waals surface area contributed by atoms with Gasteiger partial charge in [0.25, 0.3) is 0 Å². The lowest BCUT2D eigenvalue weighted by Gasteiger charge is -2.14. The molecule has 0 heterocycles. The van der Waals surface area contributed by atoms with Crippen molar-refractivity contribution in [3.8, 4) is 5.75 Å². The summed E-state index contributed by atoms with van der Waals surface area (Å²) >= 11 is 0. The molecule has 0 fully saturated rings. The Morgan fingerprint density at radius 1 is 1.36 bits per heavy atom. The Bertz CT molecular complexity index is 360. The number of hydrogen-bond donors (Lipinski definition) is 2. The third-order valence-corrected chi connectivity index (χ3v) is 2.01. The summed E-state index contributed by atoms with van der Waals surface area (Å²) in [7, 11) is -0.796. The fraction of sp³-hybridized carbons (Fsp3) is 0.250. The van der Waals surface area contributed by atoms with E-state index in [4.69, 9.17) is 9.79 Å². The zero-order valence-electron chi connectivity index (χ0n) is 7.91. The first-order valence-corrected chi connectivity index (χ1v) is 5.44. The van der Waals surface area contributed by atoms with Crippen LogP contribution in [0.3, 0.4) is 0 Å². The maximum Gasteiger partial charge on any atom is 0.524 e. The highest BCUT2D eigenvalue weighted by molar-refractivity contribution is 7.46. The quantitative estimate of drug-likeness (QED) is 0.745. The molecule has 0 aliphatic carbocycles. The molecule has 0 saturated carbocycles. The fourth-order valence-electron chi connectivity index (χ4n) is 0.956. The van der Waals surface area contributed by atoms with E-state index in [1.54, 1.807) is 12.1 Å². The minimum atomic E-state index is -4.46. The van der Waals surface area contributed by atoms with Crippen molar-refractivity contribution in [1.82, 2.24) is 0 Å². The van der Waals surface area contributed by atoms with E-state index in [0.717, 1.165) is 5.69 Å². The molecule has 2 N–H and O–H groups in total. The maximum absolute atomic E-state index is 10.5. The first-order chi connectivity index (χ1) is 6.38. The topological polar surface area (TPSA) is 70.0 Å². The van der Waals surface area contributed by atoms with Crippen molar-refractivity contribution in [3.63, 3.8) is 0 Å². The van der Waals surface area contributed by atoms with Gasteiger partial charge >= 0.3 is 7.82 Å². The molecule has 0 amide bonds. The van der Waals surface area contributed by atoms with Crippen LogP contribution in [0.2, 0.25) is 0 Å². The van der Waals surface area contributed by atoms with Crippen molar-refractivity contribution in [1.29, 1.82) is 0 Å². The van der Waals surface area contributed by atoms with Gasteiger partial charge in [0.2, 0.25) is 0 Å². The summed E-state index contributed by atoms with van der Waals surface area (Å²) in [4.78, 5) is 19.0. The predicted molar refractivity (Wildman–Crippen MR) is 53.4 cm³/mol. The molecule has 14 heavy (non-hydrogen) atoms. The van der Waals surface area contributed by atoms with Crippen molar-refractivity contribution >= 4 is 13.5 Å². The molecule has 6 heteroatoms. The van der Waals surface area contributed by atoms with Crippen molar-refractivity contribution in [2.45, 2.75) is 0 Å². The summed E-state index contributed by atoms with van der Waals surface area (Å²) in [6, 6.07) is 6.53. The molecule has 0 spiro atoms. The van der Waals surface area contributed by atoms with Crippen molar-refractivity contribution in [3.05, 3.63) is 24.3 Å². The van der Waals surface area contributed by atoms with Gasteiger partial charge in [0.15, 0.2) is 0 Å². The highest BCUT2D eigenvalue weighted by atomic mass is 31.2. The van der Waals surface area contributed by atoms with Gasteiger partial charge in [0.05, 0.1) is 0 Å². The molecule has 1 aromatic carbocycles. The van der Waals surface area contributed by atoms with Crippen molar-refractivity contribution < 1.29 is 18.9 Å². The van der Waals surface area contributed by atoms with E-state index in [1.807, 2.05) is 25.1 Å². The number of rotatable bonds is 3. The van der Waals surface area contributed by atoms with Crippen molar-refractivity contribution in [2.75, 3.05) is 19.0 Å². The minimum absolute atomic E-state index is 0.157. The molecule has 0 aliphatic rings. The SMILES string of the molecule is CN(C)c1cccc(OP(=O)(O)O)c1. The highest BCUT2D eigenvalue weighted by Gasteiger charge is 2.15. The molecule has 1 aromatic rings. The van der Waals surface area contributed by atoms with Crippen LogP contribution in [-0.2, 0) is 4.57 Å². The second kappa shape index (κ2) is 4.00. The number of nitrogens with zero attached hydrogens (tertiary/aromatic N) is 1. The third-order valence-electron chi connectivity index (χ3n) is 1.56. The second-order valence-electron chi connectivity index (χ2n) is 2.97. The standard InChI is InChI=1S/C8H12NO4P/c1-9(2)7-4-3-5-8(6-7)13-14(10,11)12/h3-6H,1-2H3,(H2,10,11,12). The van der Waals surface area contributed by atoms with Gasteiger partial charge in [-0.3, -0.25) is 9.79 Å². The summed E-state index contributed by atoms with van der Waals surface area (Å²) in [5.41, 5.74) is 0.816. The van der Waals surface area contributed by atoms with Gasteiger partial charge in [-0.2, -0.15) is 0 Å². The predicted octanol–water partition coefficient (Wildman–Crippen LogP) is 1.22.